The summed E-state index contributed by atoms with van der Waals surface area (Å²) in [7, 11) is 0. The average molecular weight is 513 g/mol. The molecule has 35 heavy (non-hydrogen) atoms. The first-order valence-electron chi connectivity index (χ1n) is 10.5. The predicted molar refractivity (Wildman–Crippen MR) is 106 cm³/mol. The summed E-state index contributed by atoms with van der Waals surface area (Å²) in [6.07, 6.45) is -14.3. The van der Waals surface area contributed by atoms with Gasteiger partial charge in [0.25, 0.3) is 0 Å². The molecule has 2 aromatic rings. The standard InChI is InChI=1S/C23H20F9NO2/c24-21(25,26)16-3-1-14(2-4-16)19-9-13(10-20(34)35)7-8-33(19)12-15-11-17(22(27,28)29)5-6-18(15)23(30,31)32/h1-6,11,13,19H,7-10,12H2,(H,34,35). The van der Waals surface area contributed by atoms with Crippen LogP contribution < -0.4 is 0 Å². The molecule has 0 amide bonds. The first-order chi connectivity index (χ1) is 16.1. The Labute approximate surface area is 194 Å². The number of alkyl halides is 9. The minimum Gasteiger partial charge on any atom is -0.481 e. The number of nitrogens with zero attached hydrogens (tertiary/aromatic N) is 1. The van der Waals surface area contributed by atoms with E-state index in [2.05, 4.69) is 0 Å². The maximum Gasteiger partial charge on any atom is 0.416 e. The summed E-state index contributed by atoms with van der Waals surface area (Å²) in [4.78, 5) is 12.6. The van der Waals surface area contributed by atoms with Gasteiger partial charge in [0, 0.05) is 19.0 Å². The van der Waals surface area contributed by atoms with Crippen LogP contribution in [0.2, 0.25) is 0 Å². The molecule has 2 atom stereocenters. The van der Waals surface area contributed by atoms with Gasteiger partial charge in [0.15, 0.2) is 0 Å². The monoisotopic (exact) mass is 513 g/mol. The highest BCUT2D eigenvalue weighted by molar-refractivity contribution is 5.67. The summed E-state index contributed by atoms with van der Waals surface area (Å²) in [5.41, 5.74) is -3.77. The first kappa shape index (κ1) is 26.8. The van der Waals surface area contributed by atoms with E-state index in [0.717, 1.165) is 24.3 Å². The smallest absolute Gasteiger partial charge is 0.416 e. The zero-order valence-corrected chi connectivity index (χ0v) is 17.9. The van der Waals surface area contributed by atoms with Crippen LogP contribution in [0, 0.1) is 5.92 Å². The van der Waals surface area contributed by atoms with Gasteiger partial charge < -0.3 is 5.11 Å². The van der Waals surface area contributed by atoms with Gasteiger partial charge >= 0.3 is 24.5 Å². The molecule has 1 aliphatic heterocycles. The number of carbonyl (C=O) groups is 1. The van der Waals surface area contributed by atoms with E-state index in [1.807, 2.05) is 0 Å². The quantitative estimate of drug-likeness (QED) is 0.431. The largest absolute Gasteiger partial charge is 0.481 e. The maximum atomic E-state index is 13.5. The van der Waals surface area contributed by atoms with Gasteiger partial charge in [-0.05, 0) is 66.8 Å². The van der Waals surface area contributed by atoms with Crippen LogP contribution in [0.25, 0.3) is 0 Å². The summed E-state index contributed by atoms with van der Waals surface area (Å²) < 4.78 is 119. The van der Waals surface area contributed by atoms with Crippen LogP contribution in [-0.2, 0) is 29.9 Å². The minimum absolute atomic E-state index is 0.0528. The molecule has 0 aromatic heterocycles. The lowest BCUT2D eigenvalue weighted by molar-refractivity contribution is -0.142. The number of aliphatic carboxylic acids is 1. The number of benzene rings is 2. The summed E-state index contributed by atoms with van der Waals surface area (Å²) in [5.74, 6) is -1.51. The number of hydrogen-bond donors (Lipinski definition) is 1. The highest BCUT2D eigenvalue weighted by Gasteiger charge is 2.39. The Morgan fingerprint density at radius 3 is 1.94 bits per heavy atom. The number of carboxylic acid groups (broad SMARTS) is 1. The van der Waals surface area contributed by atoms with Crippen molar-refractivity contribution in [2.45, 2.75) is 50.4 Å². The molecule has 0 radical (unpaired) electrons. The number of rotatable bonds is 5. The summed E-state index contributed by atoms with van der Waals surface area (Å²) in [6.45, 7) is -0.499. The number of carboxylic acids is 1. The summed E-state index contributed by atoms with van der Waals surface area (Å²) in [5, 5.41) is 9.11. The SMILES string of the molecule is O=C(O)CC1CCN(Cc2cc(C(F)(F)F)ccc2C(F)(F)F)C(c2ccc(C(F)(F)F)cc2)C1. The molecule has 1 heterocycles. The van der Waals surface area contributed by atoms with Crippen LogP contribution in [0.3, 0.4) is 0 Å². The molecule has 0 saturated carbocycles. The highest BCUT2D eigenvalue weighted by Crippen LogP contribution is 2.41. The van der Waals surface area contributed by atoms with Crippen molar-refractivity contribution >= 4 is 5.97 Å². The number of hydrogen-bond acceptors (Lipinski definition) is 2. The van der Waals surface area contributed by atoms with Crippen molar-refractivity contribution in [1.29, 1.82) is 0 Å². The lowest BCUT2D eigenvalue weighted by atomic mass is 9.84. The fourth-order valence-corrected chi connectivity index (χ4v) is 4.35. The van der Waals surface area contributed by atoms with Crippen LogP contribution in [0.1, 0.15) is 53.1 Å². The van der Waals surface area contributed by atoms with Crippen LogP contribution >= 0.6 is 0 Å². The molecule has 12 heteroatoms. The lowest BCUT2D eigenvalue weighted by Gasteiger charge is -2.40. The van der Waals surface area contributed by atoms with Gasteiger partial charge in [0.2, 0.25) is 0 Å². The van der Waals surface area contributed by atoms with E-state index in [4.69, 9.17) is 5.11 Å². The van der Waals surface area contributed by atoms with Gasteiger partial charge in [-0.2, -0.15) is 39.5 Å². The molecule has 0 bridgehead atoms. The van der Waals surface area contributed by atoms with Gasteiger partial charge in [-0.1, -0.05) is 12.1 Å². The predicted octanol–water partition coefficient (Wildman–Crippen LogP) is 7.17. The van der Waals surface area contributed by atoms with Crippen LogP contribution in [0.5, 0.6) is 0 Å². The maximum absolute atomic E-state index is 13.5. The van der Waals surface area contributed by atoms with Crippen LogP contribution in [0.4, 0.5) is 39.5 Å². The van der Waals surface area contributed by atoms with Gasteiger partial charge in [-0.15, -0.1) is 0 Å². The van der Waals surface area contributed by atoms with Gasteiger partial charge in [0.1, 0.15) is 0 Å². The zero-order valence-electron chi connectivity index (χ0n) is 17.9. The molecule has 3 rings (SSSR count). The summed E-state index contributed by atoms with van der Waals surface area (Å²) >= 11 is 0. The molecule has 1 fully saturated rings. The number of piperidine rings is 1. The Hall–Kier alpha value is -2.76. The highest BCUT2D eigenvalue weighted by atomic mass is 19.4. The van der Waals surface area contributed by atoms with Gasteiger partial charge in [-0.3, -0.25) is 9.69 Å². The normalized spacial score (nSPS) is 20.1. The molecule has 3 nitrogen and oxygen atoms in total. The molecule has 1 saturated heterocycles. The van der Waals surface area contributed by atoms with Crippen molar-refractivity contribution in [3.8, 4) is 0 Å². The van der Waals surface area contributed by atoms with E-state index in [-0.39, 0.29) is 25.8 Å². The topological polar surface area (TPSA) is 40.5 Å². The van der Waals surface area contributed by atoms with Crippen molar-refractivity contribution in [3.05, 3.63) is 70.3 Å². The van der Waals surface area contributed by atoms with E-state index in [9.17, 15) is 44.3 Å². The molecule has 2 unspecified atom stereocenters. The van der Waals surface area contributed by atoms with Crippen molar-refractivity contribution in [2.24, 2.45) is 5.92 Å². The van der Waals surface area contributed by atoms with Crippen molar-refractivity contribution in [3.63, 3.8) is 0 Å². The molecule has 192 valence electrons. The van der Waals surface area contributed by atoms with Crippen molar-refractivity contribution in [1.82, 2.24) is 4.90 Å². The van der Waals surface area contributed by atoms with E-state index in [0.29, 0.717) is 23.8 Å². The molecule has 1 aliphatic rings. The van der Waals surface area contributed by atoms with E-state index >= 15 is 0 Å². The van der Waals surface area contributed by atoms with Gasteiger partial charge in [0.05, 0.1) is 16.7 Å². The summed E-state index contributed by atoms with van der Waals surface area (Å²) in [6, 6.07) is 4.27. The Morgan fingerprint density at radius 2 is 1.43 bits per heavy atom. The average Bonchev–Trinajstić information content (AvgIpc) is 2.72. The van der Waals surface area contributed by atoms with Crippen molar-refractivity contribution in [2.75, 3.05) is 6.54 Å². The molecule has 0 spiro atoms. The number of likely N-dealkylation sites (tertiary alicyclic amines) is 1. The van der Waals surface area contributed by atoms with Gasteiger partial charge in [-0.25, -0.2) is 0 Å². The molecule has 2 aromatic carbocycles. The molecule has 0 aliphatic carbocycles. The second-order valence-electron chi connectivity index (χ2n) is 8.46. The zero-order chi connectivity index (χ0) is 26.2. The van der Waals surface area contributed by atoms with Crippen LogP contribution in [0.15, 0.2) is 42.5 Å². The molecule has 1 N–H and O–H groups in total. The van der Waals surface area contributed by atoms with E-state index in [1.165, 1.54) is 4.90 Å². The Kier molecular flexibility index (Phi) is 7.45. The fraction of sp³-hybridized carbons (Fsp3) is 0.435. The van der Waals surface area contributed by atoms with E-state index in [1.54, 1.807) is 0 Å². The fourth-order valence-electron chi connectivity index (χ4n) is 4.35. The second kappa shape index (κ2) is 9.71. The van der Waals surface area contributed by atoms with Crippen LogP contribution in [-0.4, -0.2) is 22.5 Å². The number of halogens is 9. The first-order valence-corrected chi connectivity index (χ1v) is 10.5. The third-order valence-corrected chi connectivity index (χ3v) is 6.02. The Morgan fingerprint density at radius 1 is 0.857 bits per heavy atom. The second-order valence-corrected chi connectivity index (χ2v) is 8.46. The Bertz CT molecular complexity index is 1040. The third kappa shape index (κ3) is 6.68. The third-order valence-electron chi connectivity index (χ3n) is 6.02. The molecular formula is C23H20F9NO2. The van der Waals surface area contributed by atoms with Crippen molar-refractivity contribution < 1.29 is 49.4 Å². The van der Waals surface area contributed by atoms with E-state index < -0.39 is 65.3 Å². The lowest BCUT2D eigenvalue weighted by Crippen LogP contribution is -2.37. The Balaban J connectivity index is 1.99. The molecular weight excluding hydrogens is 493 g/mol. The minimum atomic E-state index is -4.93.